The molecule has 0 atom stereocenters. The van der Waals surface area contributed by atoms with Gasteiger partial charge in [-0.3, -0.25) is 4.39 Å². The first-order valence-corrected chi connectivity index (χ1v) is 6.39. The molecule has 0 aromatic carbocycles. The number of halogens is 2. The monoisotopic (exact) mass is 271 g/mol. The summed E-state index contributed by atoms with van der Waals surface area (Å²) in [6, 6.07) is 0. The van der Waals surface area contributed by atoms with Gasteiger partial charge in [0, 0.05) is 10.7 Å². The summed E-state index contributed by atoms with van der Waals surface area (Å²) in [4.78, 5) is 8.85. The summed E-state index contributed by atoms with van der Waals surface area (Å²) in [6.07, 6.45) is 0.997. The Hall–Kier alpha value is -1.22. The Morgan fingerprint density at radius 2 is 2.25 bits per heavy atom. The van der Waals surface area contributed by atoms with Crippen molar-refractivity contribution in [1.29, 1.82) is 0 Å². The van der Waals surface area contributed by atoms with Gasteiger partial charge in [0.1, 0.15) is 0 Å². The van der Waals surface area contributed by atoms with E-state index < -0.39 is 31.4 Å². The molecule has 0 N–H and O–H groups in total. The van der Waals surface area contributed by atoms with Gasteiger partial charge in [0.25, 0.3) is 9.05 Å². The van der Waals surface area contributed by atoms with Crippen molar-refractivity contribution in [2.45, 2.75) is 17.9 Å². The van der Waals surface area contributed by atoms with Crippen molar-refractivity contribution in [1.82, 2.24) is 9.78 Å². The van der Waals surface area contributed by atoms with Gasteiger partial charge in [0.15, 0.2) is 0 Å². The van der Waals surface area contributed by atoms with Crippen LogP contribution in [0.3, 0.4) is 0 Å². The number of nitro groups is 1. The largest absolute Gasteiger partial charge is 0.410 e. The van der Waals surface area contributed by atoms with Crippen LogP contribution in [0, 0.1) is 10.1 Å². The zero-order valence-corrected chi connectivity index (χ0v) is 9.41. The summed E-state index contributed by atoms with van der Waals surface area (Å²) in [5, 5.41) is 13.9. The summed E-state index contributed by atoms with van der Waals surface area (Å²) in [7, 11) is 0.766. The Morgan fingerprint density at radius 1 is 1.62 bits per heavy atom. The summed E-state index contributed by atoms with van der Waals surface area (Å²) in [5.41, 5.74) is 0. The van der Waals surface area contributed by atoms with Crippen molar-refractivity contribution in [3.05, 3.63) is 16.3 Å². The van der Waals surface area contributed by atoms with Crippen LogP contribution in [0.2, 0.25) is 0 Å². The highest BCUT2D eigenvalue weighted by Crippen LogP contribution is 2.24. The molecule has 0 aliphatic heterocycles. The third kappa shape index (κ3) is 2.89. The Kier molecular flexibility index (Phi) is 3.81. The zero-order valence-electron chi connectivity index (χ0n) is 7.84. The number of hydrogen-bond donors (Lipinski definition) is 0. The molecule has 0 fully saturated rings. The van der Waals surface area contributed by atoms with E-state index in [0.717, 1.165) is 10.9 Å². The minimum atomic E-state index is -4.23. The quantitative estimate of drug-likeness (QED) is 0.454. The highest BCUT2D eigenvalue weighted by Gasteiger charge is 2.29. The van der Waals surface area contributed by atoms with Crippen molar-refractivity contribution in [3.8, 4) is 0 Å². The van der Waals surface area contributed by atoms with Crippen LogP contribution in [0.25, 0.3) is 0 Å². The highest BCUT2D eigenvalue weighted by atomic mass is 35.7. The van der Waals surface area contributed by atoms with Crippen LogP contribution >= 0.6 is 10.7 Å². The lowest BCUT2D eigenvalue weighted by atomic mass is 10.5. The molecule has 0 saturated carbocycles. The first-order valence-electron chi connectivity index (χ1n) is 4.08. The maximum absolute atomic E-state index is 11.9. The Bertz CT molecular complexity index is 500. The topological polar surface area (TPSA) is 95.1 Å². The standard InChI is InChI=1S/C6H7ClFN3O4S/c7-16(14,15)5-4-10(3-1-2-8)9-6(5)11(12)13/h4H,1-3H2. The van der Waals surface area contributed by atoms with Crippen LogP contribution in [-0.2, 0) is 15.6 Å². The number of rotatable bonds is 5. The molecule has 90 valence electrons. The van der Waals surface area contributed by atoms with Crippen LogP contribution in [0.4, 0.5) is 10.2 Å². The first-order chi connectivity index (χ1) is 7.36. The normalized spacial score (nSPS) is 11.6. The summed E-state index contributed by atoms with van der Waals surface area (Å²) in [6.45, 7) is -0.583. The molecule has 16 heavy (non-hydrogen) atoms. The van der Waals surface area contributed by atoms with Gasteiger partial charge < -0.3 is 10.1 Å². The molecule has 10 heteroatoms. The van der Waals surface area contributed by atoms with Crippen molar-refractivity contribution in [3.63, 3.8) is 0 Å². The van der Waals surface area contributed by atoms with Crippen molar-refractivity contribution in [2.24, 2.45) is 0 Å². The smallest absolute Gasteiger partial charge is 0.358 e. The average molecular weight is 272 g/mol. The van der Waals surface area contributed by atoms with Gasteiger partial charge in [-0.05, 0) is 11.3 Å². The molecule has 7 nitrogen and oxygen atoms in total. The highest BCUT2D eigenvalue weighted by molar-refractivity contribution is 8.13. The molecule has 0 unspecified atom stereocenters. The van der Waals surface area contributed by atoms with Gasteiger partial charge >= 0.3 is 5.82 Å². The van der Waals surface area contributed by atoms with Gasteiger partial charge in [-0.15, -0.1) is 0 Å². The number of aryl methyl sites for hydroxylation is 1. The van der Waals surface area contributed by atoms with Crippen LogP contribution in [0.5, 0.6) is 0 Å². The van der Waals surface area contributed by atoms with Crippen LogP contribution in [0.15, 0.2) is 11.1 Å². The second kappa shape index (κ2) is 4.74. The van der Waals surface area contributed by atoms with E-state index in [-0.39, 0.29) is 13.0 Å². The molecular formula is C6H7ClFN3O4S. The lowest BCUT2D eigenvalue weighted by molar-refractivity contribution is -0.392. The third-order valence-corrected chi connectivity index (χ3v) is 2.98. The summed E-state index contributed by atoms with van der Waals surface area (Å²) < 4.78 is 34.8. The predicted molar refractivity (Wildman–Crippen MR) is 52.5 cm³/mol. The number of alkyl halides is 1. The molecule has 0 aliphatic carbocycles. The minimum absolute atomic E-state index is 0.0454. The van der Waals surface area contributed by atoms with Crippen molar-refractivity contribution in [2.75, 3.05) is 6.67 Å². The average Bonchev–Trinajstić information content (AvgIpc) is 2.58. The fraction of sp³-hybridized carbons (Fsp3) is 0.500. The van der Waals surface area contributed by atoms with Crippen molar-refractivity contribution < 1.29 is 17.7 Å². The Morgan fingerprint density at radius 3 is 2.62 bits per heavy atom. The van der Waals surface area contributed by atoms with Crippen LogP contribution in [0.1, 0.15) is 6.42 Å². The van der Waals surface area contributed by atoms with E-state index in [9.17, 15) is 22.9 Å². The predicted octanol–water partition coefficient (Wildman–Crippen LogP) is 1.08. The number of hydrogen-bond acceptors (Lipinski definition) is 5. The summed E-state index contributed by atoms with van der Waals surface area (Å²) in [5.74, 6) is -0.853. The van der Waals surface area contributed by atoms with Gasteiger partial charge in [-0.2, -0.15) is 4.68 Å². The SMILES string of the molecule is O=[N+]([O-])c1nn(CCCF)cc1S(=O)(=O)Cl. The second-order valence-corrected chi connectivity index (χ2v) is 5.35. The molecular weight excluding hydrogens is 265 g/mol. The van der Waals surface area contributed by atoms with E-state index in [0.29, 0.717) is 0 Å². The van der Waals surface area contributed by atoms with Gasteiger partial charge in [-0.25, -0.2) is 8.42 Å². The lowest BCUT2D eigenvalue weighted by Crippen LogP contribution is -2.00. The van der Waals surface area contributed by atoms with Gasteiger partial charge in [0.2, 0.25) is 4.90 Å². The number of aromatic nitrogens is 2. The maximum Gasteiger partial charge on any atom is 0.410 e. The molecule has 0 amide bonds. The van der Waals surface area contributed by atoms with E-state index in [1.54, 1.807) is 0 Å². The van der Waals surface area contributed by atoms with Crippen LogP contribution < -0.4 is 0 Å². The van der Waals surface area contributed by atoms with E-state index >= 15 is 0 Å². The molecule has 1 aromatic rings. The van der Waals surface area contributed by atoms with E-state index in [2.05, 4.69) is 5.10 Å². The Balaban J connectivity index is 3.16. The van der Waals surface area contributed by atoms with E-state index in [1.165, 1.54) is 0 Å². The molecule has 0 saturated heterocycles. The van der Waals surface area contributed by atoms with Crippen molar-refractivity contribution >= 4 is 25.6 Å². The lowest BCUT2D eigenvalue weighted by Gasteiger charge is -1.90. The van der Waals surface area contributed by atoms with Gasteiger partial charge in [0.05, 0.1) is 24.5 Å². The fourth-order valence-corrected chi connectivity index (χ4v) is 1.94. The Labute approximate surface area is 94.4 Å². The van der Waals surface area contributed by atoms with Gasteiger partial charge in [-0.1, -0.05) is 0 Å². The molecule has 1 aromatic heterocycles. The molecule has 0 spiro atoms. The third-order valence-electron chi connectivity index (χ3n) is 1.67. The van der Waals surface area contributed by atoms with E-state index in [1.807, 2.05) is 0 Å². The van der Waals surface area contributed by atoms with Crippen LogP contribution in [-0.4, -0.2) is 29.8 Å². The fourth-order valence-electron chi connectivity index (χ4n) is 1.03. The number of nitrogens with zero attached hydrogens (tertiary/aromatic N) is 3. The molecule has 1 rings (SSSR count). The molecule has 1 heterocycles. The molecule has 0 aliphatic rings. The molecule has 0 radical (unpaired) electrons. The minimum Gasteiger partial charge on any atom is -0.358 e. The first kappa shape index (κ1) is 12.8. The summed E-state index contributed by atoms with van der Waals surface area (Å²) >= 11 is 0. The van der Waals surface area contributed by atoms with E-state index in [4.69, 9.17) is 10.7 Å². The second-order valence-electron chi connectivity index (χ2n) is 2.82. The maximum atomic E-state index is 11.9. The zero-order chi connectivity index (χ0) is 12.3. The molecule has 0 bridgehead atoms.